The number of carbonyl (C=O) groups excluding carboxylic acids is 1. The minimum Gasteiger partial charge on any atom is -0.481 e. The van der Waals surface area contributed by atoms with E-state index in [2.05, 4.69) is 25.3 Å². The first-order valence-electron chi connectivity index (χ1n) is 5.67. The van der Waals surface area contributed by atoms with Gasteiger partial charge in [0.05, 0.1) is 12.5 Å². The van der Waals surface area contributed by atoms with Gasteiger partial charge in [0.25, 0.3) is 0 Å². The lowest BCUT2D eigenvalue weighted by molar-refractivity contribution is -0.141. The van der Waals surface area contributed by atoms with Crippen molar-refractivity contribution in [2.45, 2.75) is 31.8 Å². The van der Waals surface area contributed by atoms with Crippen molar-refractivity contribution in [2.24, 2.45) is 5.92 Å². The summed E-state index contributed by atoms with van der Waals surface area (Å²) in [5.41, 5.74) is 0. The molecule has 0 aliphatic heterocycles. The van der Waals surface area contributed by atoms with Crippen LogP contribution in [-0.2, 0) is 11.3 Å². The molecule has 1 fully saturated rings. The fourth-order valence-corrected chi connectivity index (χ4v) is 2.00. The van der Waals surface area contributed by atoms with Gasteiger partial charge in [0.15, 0.2) is 5.82 Å². The first-order chi connectivity index (χ1) is 8.65. The smallest absolute Gasteiger partial charge is 0.315 e. The number of carbonyl (C=O) groups is 2. The number of urea groups is 1. The second-order valence-electron chi connectivity index (χ2n) is 4.22. The van der Waals surface area contributed by atoms with E-state index in [0.29, 0.717) is 25.1 Å². The molecular formula is C10H14N4O4. The van der Waals surface area contributed by atoms with Crippen LogP contribution < -0.4 is 10.6 Å². The number of nitrogens with one attached hydrogen (secondary N) is 2. The average molecular weight is 254 g/mol. The molecule has 1 aliphatic rings. The molecule has 1 heterocycles. The van der Waals surface area contributed by atoms with Gasteiger partial charge in [-0.15, -0.1) is 0 Å². The minimum absolute atomic E-state index is 0.0867. The number of aromatic nitrogens is 2. The quantitative estimate of drug-likeness (QED) is 0.702. The number of nitrogens with zero attached hydrogens (tertiary/aromatic N) is 2. The van der Waals surface area contributed by atoms with E-state index in [1.807, 2.05) is 0 Å². The monoisotopic (exact) mass is 254 g/mol. The number of rotatable bonds is 4. The topological polar surface area (TPSA) is 117 Å². The van der Waals surface area contributed by atoms with Crippen molar-refractivity contribution in [1.29, 1.82) is 0 Å². The molecule has 0 spiro atoms. The molecule has 8 nitrogen and oxygen atoms in total. The number of hydrogen-bond acceptors (Lipinski definition) is 5. The number of aliphatic carboxylic acids is 1. The van der Waals surface area contributed by atoms with E-state index >= 15 is 0 Å². The molecule has 98 valence electrons. The molecule has 2 amide bonds. The van der Waals surface area contributed by atoms with Gasteiger partial charge < -0.3 is 20.3 Å². The maximum Gasteiger partial charge on any atom is 0.315 e. The molecule has 1 aromatic rings. The fourth-order valence-electron chi connectivity index (χ4n) is 2.00. The van der Waals surface area contributed by atoms with Crippen molar-refractivity contribution in [3.8, 4) is 0 Å². The number of amides is 2. The standard InChI is InChI=1S/C10H14N4O4/c15-9(16)6-1-2-7(3-6)13-10(17)11-4-8-12-5-18-14-8/h5-7H,1-4H2,(H,15,16)(H2,11,13,17). The highest BCUT2D eigenvalue weighted by Crippen LogP contribution is 2.25. The lowest BCUT2D eigenvalue weighted by Crippen LogP contribution is -2.41. The molecule has 0 radical (unpaired) electrons. The van der Waals surface area contributed by atoms with Gasteiger partial charge in [-0.1, -0.05) is 5.16 Å². The van der Waals surface area contributed by atoms with Gasteiger partial charge in [-0.3, -0.25) is 4.79 Å². The Labute approximate surface area is 103 Å². The molecule has 2 atom stereocenters. The highest BCUT2D eigenvalue weighted by Gasteiger charge is 2.30. The summed E-state index contributed by atoms with van der Waals surface area (Å²) in [4.78, 5) is 26.0. The van der Waals surface area contributed by atoms with E-state index in [-0.39, 0.29) is 24.5 Å². The molecule has 3 N–H and O–H groups in total. The van der Waals surface area contributed by atoms with E-state index in [0.717, 1.165) is 0 Å². The van der Waals surface area contributed by atoms with Crippen LogP contribution in [0.15, 0.2) is 10.9 Å². The summed E-state index contributed by atoms with van der Waals surface area (Å²) in [7, 11) is 0. The summed E-state index contributed by atoms with van der Waals surface area (Å²) in [6.07, 6.45) is 2.95. The molecule has 2 rings (SSSR count). The number of carboxylic acid groups (broad SMARTS) is 1. The van der Waals surface area contributed by atoms with Crippen LogP contribution in [0.2, 0.25) is 0 Å². The average Bonchev–Trinajstić information content (AvgIpc) is 2.96. The highest BCUT2D eigenvalue weighted by atomic mass is 16.5. The Morgan fingerprint density at radius 3 is 2.94 bits per heavy atom. The summed E-state index contributed by atoms with van der Waals surface area (Å²) in [6.45, 7) is 0.178. The van der Waals surface area contributed by atoms with Crippen LogP contribution in [0.5, 0.6) is 0 Å². The third kappa shape index (κ3) is 3.19. The van der Waals surface area contributed by atoms with E-state index in [9.17, 15) is 9.59 Å². The lowest BCUT2D eigenvalue weighted by Gasteiger charge is -2.12. The van der Waals surface area contributed by atoms with Crippen molar-refractivity contribution in [2.75, 3.05) is 0 Å². The zero-order valence-corrected chi connectivity index (χ0v) is 9.63. The van der Waals surface area contributed by atoms with Crippen molar-refractivity contribution in [1.82, 2.24) is 20.8 Å². The first kappa shape index (κ1) is 12.3. The normalized spacial score (nSPS) is 22.7. The first-order valence-corrected chi connectivity index (χ1v) is 5.67. The van der Waals surface area contributed by atoms with Crippen molar-refractivity contribution >= 4 is 12.0 Å². The van der Waals surface area contributed by atoms with Crippen LogP contribution in [-0.4, -0.2) is 33.3 Å². The summed E-state index contributed by atoms with van der Waals surface area (Å²) in [5, 5.41) is 17.7. The summed E-state index contributed by atoms with van der Waals surface area (Å²) in [6, 6.07) is -0.438. The largest absolute Gasteiger partial charge is 0.481 e. The Hall–Kier alpha value is -2.12. The molecule has 8 heteroatoms. The van der Waals surface area contributed by atoms with Crippen LogP contribution in [0.25, 0.3) is 0 Å². The van der Waals surface area contributed by atoms with Gasteiger partial charge in [-0.25, -0.2) is 4.79 Å². The summed E-state index contributed by atoms with van der Waals surface area (Å²) in [5.74, 6) is -0.765. The molecule has 0 aromatic carbocycles. The third-order valence-electron chi connectivity index (χ3n) is 2.93. The van der Waals surface area contributed by atoms with Crippen molar-refractivity contribution in [3.05, 3.63) is 12.2 Å². The second kappa shape index (κ2) is 5.48. The van der Waals surface area contributed by atoms with Crippen LogP contribution >= 0.6 is 0 Å². The molecule has 1 saturated carbocycles. The van der Waals surface area contributed by atoms with Gasteiger partial charge >= 0.3 is 12.0 Å². The SMILES string of the molecule is O=C(NCc1ncon1)NC1CCC(C(=O)O)C1. The zero-order valence-electron chi connectivity index (χ0n) is 9.63. The molecule has 18 heavy (non-hydrogen) atoms. The molecule has 0 saturated heterocycles. The minimum atomic E-state index is -0.800. The third-order valence-corrected chi connectivity index (χ3v) is 2.93. The summed E-state index contributed by atoms with van der Waals surface area (Å²) < 4.78 is 4.52. The maximum atomic E-state index is 11.5. The molecule has 2 unspecified atom stereocenters. The van der Waals surface area contributed by atoms with Gasteiger partial charge in [-0.2, -0.15) is 4.98 Å². The Morgan fingerprint density at radius 1 is 1.50 bits per heavy atom. The summed E-state index contributed by atoms with van der Waals surface area (Å²) >= 11 is 0. The van der Waals surface area contributed by atoms with Crippen molar-refractivity contribution in [3.63, 3.8) is 0 Å². The van der Waals surface area contributed by atoms with Crippen LogP contribution in [0.3, 0.4) is 0 Å². The highest BCUT2D eigenvalue weighted by molar-refractivity contribution is 5.75. The Kier molecular flexibility index (Phi) is 3.75. The van der Waals surface area contributed by atoms with E-state index < -0.39 is 5.97 Å². The predicted octanol–water partition coefficient (Wildman–Crippen LogP) is 0.122. The zero-order chi connectivity index (χ0) is 13.0. The Balaban J connectivity index is 1.70. The predicted molar refractivity (Wildman–Crippen MR) is 58.4 cm³/mol. The molecular weight excluding hydrogens is 240 g/mol. The van der Waals surface area contributed by atoms with Gasteiger partial charge in [0.2, 0.25) is 6.39 Å². The fraction of sp³-hybridized carbons (Fsp3) is 0.600. The molecule has 0 bridgehead atoms. The van der Waals surface area contributed by atoms with E-state index in [1.54, 1.807) is 0 Å². The van der Waals surface area contributed by atoms with Gasteiger partial charge in [0, 0.05) is 6.04 Å². The van der Waals surface area contributed by atoms with Crippen LogP contribution in [0.1, 0.15) is 25.1 Å². The molecule has 1 aromatic heterocycles. The van der Waals surface area contributed by atoms with Gasteiger partial charge in [-0.05, 0) is 19.3 Å². The Morgan fingerprint density at radius 2 is 2.33 bits per heavy atom. The maximum absolute atomic E-state index is 11.5. The van der Waals surface area contributed by atoms with E-state index in [1.165, 1.54) is 6.39 Å². The van der Waals surface area contributed by atoms with Crippen LogP contribution in [0, 0.1) is 5.92 Å². The van der Waals surface area contributed by atoms with Crippen LogP contribution in [0.4, 0.5) is 4.79 Å². The molecule has 1 aliphatic carbocycles. The van der Waals surface area contributed by atoms with Crippen molar-refractivity contribution < 1.29 is 19.2 Å². The number of hydrogen-bond donors (Lipinski definition) is 3. The van der Waals surface area contributed by atoms with Gasteiger partial charge in [0.1, 0.15) is 0 Å². The van der Waals surface area contributed by atoms with E-state index in [4.69, 9.17) is 5.11 Å². The second-order valence-corrected chi connectivity index (χ2v) is 4.22. The number of carboxylic acids is 1. The Bertz CT molecular complexity index is 420. The lowest BCUT2D eigenvalue weighted by atomic mass is 10.1.